The van der Waals surface area contributed by atoms with Gasteiger partial charge in [0.15, 0.2) is 12.2 Å². The third-order valence-electron chi connectivity index (χ3n) is 4.57. The van der Waals surface area contributed by atoms with E-state index in [0.29, 0.717) is 0 Å². The first-order valence-electron chi connectivity index (χ1n) is 10.0. The van der Waals surface area contributed by atoms with Crippen LogP contribution in [0, 0.1) is 0 Å². The number of likely N-dealkylation sites (N-methyl/N-ethyl adjacent to an activating group) is 1. The number of esters is 3. The maximum absolute atomic E-state index is 12.7. The molecule has 2 aromatic rings. The first-order valence-corrected chi connectivity index (χ1v) is 10.0. The van der Waals surface area contributed by atoms with E-state index in [-0.39, 0.29) is 17.7 Å². The van der Waals surface area contributed by atoms with Crippen molar-refractivity contribution >= 4 is 23.8 Å². The average molecular weight is 441 g/mol. The summed E-state index contributed by atoms with van der Waals surface area (Å²) in [5.74, 6) is -2.83. The predicted molar refractivity (Wildman–Crippen MR) is 110 cm³/mol. The summed E-state index contributed by atoms with van der Waals surface area (Å²) in [6.07, 6.45) is -5.53. The van der Waals surface area contributed by atoms with E-state index >= 15 is 0 Å². The zero-order valence-corrected chi connectivity index (χ0v) is 17.6. The Morgan fingerprint density at radius 1 is 0.812 bits per heavy atom. The summed E-state index contributed by atoms with van der Waals surface area (Å²) in [6.45, 7) is 3.13. The van der Waals surface area contributed by atoms with Crippen molar-refractivity contribution in [2.45, 2.75) is 38.4 Å². The summed E-state index contributed by atoms with van der Waals surface area (Å²) in [6, 6.07) is 16.2. The molecule has 0 aromatic heterocycles. The van der Waals surface area contributed by atoms with Crippen LogP contribution in [0.3, 0.4) is 0 Å². The van der Waals surface area contributed by atoms with Crippen molar-refractivity contribution in [1.82, 2.24) is 5.32 Å². The van der Waals surface area contributed by atoms with E-state index in [1.54, 1.807) is 43.3 Å². The molecule has 4 unspecified atom stereocenters. The Balaban J connectivity index is 1.91. The first-order chi connectivity index (χ1) is 15.4. The fourth-order valence-corrected chi connectivity index (χ4v) is 3.15. The second kappa shape index (κ2) is 10.5. The molecule has 1 aliphatic heterocycles. The van der Waals surface area contributed by atoms with Gasteiger partial charge in [0, 0.05) is 13.5 Å². The quantitative estimate of drug-likeness (QED) is 0.511. The SMILES string of the molecule is CCNC(=O)C1OC(OC(C)=O)C(OC(=O)c2ccccc2)C1OC(=O)c1ccccc1. The van der Waals surface area contributed by atoms with E-state index in [0.717, 1.165) is 6.92 Å². The van der Waals surface area contributed by atoms with Crippen molar-refractivity contribution in [2.24, 2.45) is 0 Å². The van der Waals surface area contributed by atoms with E-state index in [2.05, 4.69) is 5.32 Å². The molecule has 1 fully saturated rings. The maximum atomic E-state index is 12.7. The normalized spacial score (nSPS) is 21.9. The molecule has 9 nitrogen and oxygen atoms in total. The minimum Gasteiger partial charge on any atom is -0.451 e. The number of amides is 1. The summed E-state index contributed by atoms with van der Waals surface area (Å²) < 4.78 is 21.8. The number of ether oxygens (including phenoxy) is 4. The second-order valence-corrected chi connectivity index (χ2v) is 6.90. The smallest absolute Gasteiger partial charge is 0.338 e. The van der Waals surface area contributed by atoms with Gasteiger partial charge in [0.2, 0.25) is 12.4 Å². The summed E-state index contributed by atoms with van der Waals surface area (Å²) in [5.41, 5.74) is 0.454. The van der Waals surface area contributed by atoms with Gasteiger partial charge in [-0.3, -0.25) is 9.59 Å². The Kier molecular flexibility index (Phi) is 7.56. The molecule has 1 heterocycles. The molecular formula is C23H23NO8. The Morgan fingerprint density at radius 3 is 1.78 bits per heavy atom. The van der Waals surface area contributed by atoms with Crippen LogP contribution in [0.1, 0.15) is 34.6 Å². The summed E-state index contributed by atoms with van der Waals surface area (Å²) >= 11 is 0. The molecule has 0 aliphatic carbocycles. The molecule has 3 rings (SSSR count). The van der Waals surface area contributed by atoms with Gasteiger partial charge < -0.3 is 24.3 Å². The zero-order valence-electron chi connectivity index (χ0n) is 17.6. The maximum Gasteiger partial charge on any atom is 0.338 e. The van der Waals surface area contributed by atoms with Crippen LogP contribution >= 0.6 is 0 Å². The van der Waals surface area contributed by atoms with Gasteiger partial charge in [0.05, 0.1) is 11.1 Å². The van der Waals surface area contributed by atoms with Gasteiger partial charge in [0.25, 0.3) is 5.91 Å². The van der Waals surface area contributed by atoms with E-state index in [1.807, 2.05) is 0 Å². The number of carbonyl (C=O) groups excluding carboxylic acids is 4. The Bertz CT molecular complexity index is 962. The van der Waals surface area contributed by atoms with Crippen molar-refractivity contribution in [3.8, 4) is 0 Å². The Labute approximate surface area is 184 Å². The predicted octanol–water partition coefficient (Wildman–Crippen LogP) is 1.86. The van der Waals surface area contributed by atoms with Crippen molar-refractivity contribution in [3.05, 3.63) is 71.8 Å². The Morgan fingerprint density at radius 2 is 1.31 bits per heavy atom. The monoisotopic (exact) mass is 441 g/mol. The molecule has 32 heavy (non-hydrogen) atoms. The molecular weight excluding hydrogens is 418 g/mol. The fraction of sp³-hybridized carbons (Fsp3) is 0.304. The highest BCUT2D eigenvalue weighted by Gasteiger charge is 2.54. The highest BCUT2D eigenvalue weighted by atomic mass is 16.7. The van der Waals surface area contributed by atoms with E-state index in [4.69, 9.17) is 18.9 Å². The van der Waals surface area contributed by atoms with Crippen LogP contribution in [0.15, 0.2) is 60.7 Å². The lowest BCUT2D eigenvalue weighted by molar-refractivity contribution is -0.187. The van der Waals surface area contributed by atoms with Gasteiger partial charge in [-0.1, -0.05) is 36.4 Å². The molecule has 9 heteroatoms. The molecule has 4 atom stereocenters. The lowest BCUT2D eigenvalue weighted by atomic mass is 10.1. The van der Waals surface area contributed by atoms with Crippen LogP contribution in [0.2, 0.25) is 0 Å². The van der Waals surface area contributed by atoms with Crippen molar-refractivity contribution < 1.29 is 38.1 Å². The van der Waals surface area contributed by atoms with Crippen LogP contribution < -0.4 is 5.32 Å². The molecule has 0 radical (unpaired) electrons. The molecule has 1 N–H and O–H groups in total. The summed E-state index contributed by atoms with van der Waals surface area (Å²) in [7, 11) is 0. The van der Waals surface area contributed by atoms with Crippen LogP contribution in [-0.2, 0) is 28.5 Å². The van der Waals surface area contributed by atoms with Gasteiger partial charge in [-0.2, -0.15) is 0 Å². The second-order valence-electron chi connectivity index (χ2n) is 6.90. The molecule has 0 bridgehead atoms. The van der Waals surface area contributed by atoms with Gasteiger partial charge in [-0.05, 0) is 31.2 Å². The molecule has 1 aliphatic rings. The number of hydrogen-bond donors (Lipinski definition) is 1. The highest BCUT2D eigenvalue weighted by molar-refractivity contribution is 5.91. The van der Waals surface area contributed by atoms with Crippen molar-refractivity contribution in [1.29, 1.82) is 0 Å². The molecule has 0 spiro atoms. The van der Waals surface area contributed by atoms with Crippen LogP contribution in [-0.4, -0.2) is 55.0 Å². The minimum atomic E-state index is -1.44. The molecule has 1 saturated heterocycles. The van der Waals surface area contributed by atoms with Gasteiger partial charge in [-0.15, -0.1) is 0 Å². The standard InChI is InChI=1S/C23H23NO8/c1-3-24-20(26)18-17(30-21(27)15-10-6-4-7-11-15)19(23(32-18)29-14(2)25)31-22(28)16-12-8-5-9-13-16/h4-13,17-19,23H,3H2,1-2H3,(H,24,26). The van der Waals surface area contributed by atoms with E-state index in [9.17, 15) is 19.2 Å². The lowest BCUT2D eigenvalue weighted by Crippen LogP contribution is -2.46. The lowest BCUT2D eigenvalue weighted by Gasteiger charge is -2.23. The van der Waals surface area contributed by atoms with Gasteiger partial charge >= 0.3 is 17.9 Å². The van der Waals surface area contributed by atoms with Crippen LogP contribution in [0.25, 0.3) is 0 Å². The summed E-state index contributed by atoms with van der Waals surface area (Å²) in [5, 5.41) is 2.57. The highest BCUT2D eigenvalue weighted by Crippen LogP contribution is 2.30. The van der Waals surface area contributed by atoms with E-state index in [1.165, 1.54) is 24.3 Å². The van der Waals surface area contributed by atoms with Gasteiger partial charge in [-0.25, -0.2) is 9.59 Å². The number of rotatable bonds is 7. The number of hydrogen-bond acceptors (Lipinski definition) is 8. The molecule has 2 aromatic carbocycles. The largest absolute Gasteiger partial charge is 0.451 e. The third kappa shape index (κ3) is 5.50. The molecule has 0 saturated carbocycles. The first kappa shape index (κ1) is 23.0. The number of nitrogens with one attached hydrogen (secondary N) is 1. The van der Waals surface area contributed by atoms with Gasteiger partial charge in [0.1, 0.15) is 0 Å². The van der Waals surface area contributed by atoms with Crippen LogP contribution in [0.5, 0.6) is 0 Å². The average Bonchev–Trinajstić information content (AvgIpc) is 3.11. The topological polar surface area (TPSA) is 117 Å². The number of benzene rings is 2. The summed E-state index contributed by atoms with van der Waals surface area (Å²) in [4.78, 5) is 49.6. The third-order valence-corrected chi connectivity index (χ3v) is 4.57. The van der Waals surface area contributed by atoms with Crippen molar-refractivity contribution in [3.63, 3.8) is 0 Å². The fourth-order valence-electron chi connectivity index (χ4n) is 3.15. The molecule has 1 amide bonds. The van der Waals surface area contributed by atoms with Crippen LogP contribution in [0.4, 0.5) is 0 Å². The minimum absolute atomic E-state index is 0.226. The van der Waals surface area contributed by atoms with Crippen molar-refractivity contribution in [2.75, 3.05) is 6.54 Å². The Hall–Kier alpha value is -3.72. The zero-order chi connectivity index (χ0) is 23.1. The number of carbonyl (C=O) groups is 4. The molecule has 168 valence electrons. The van der Waals surface area contributed by atoms with E-state index < -0.39 is 48.4 Å².